The molecular weight excluding hydrogens is 300 g/mol. The Hall–Kier alpha value is -2.36. The van der Waals surface area contributed by atoms with Gasteiger partial charge in [-0.15, -0.1) is 0 Å². The minimum atomic E-state index is -0.540. The van der Waals surface area contributed by atoms with Crippen molar-refractivity contribution in [3.05, 3.63) is 59.9 Å². The first-order chi connectivity index (χ1) is 11.3. The summed E-state index contributed by atoms with van der Waals surface area (Å²) < 4.78 is 5.86. The van der Waals surface area contributed by atoms with Crippen LogP contribution in [0.15, 0.2) is 48.8 Å². The molecule has 1 atom stereocenters. The average Bonchev–Trinajstić information content (AvgIpc) is 2.54. The van der Waals surface area contributed by atoms with Crippen molar-refractivity contribution >= 4 is 5.91 Å². The van der Waals surface area contributed by atoms with Gasteiger partial charge >= 0.3 is 0 Å². The zero-order chi connectivity index (χ0) is 17.7. The Morgan fingerprint density at radius 2 is 2.00 bits per heavy atom. The molecule has 0 aliphatic rings. The zero-order valence-electron chi connectivity index (χ0n) is 15.1. The van der Waals surface area contributed by atoms with Crippen LogP contribution in [0.3, 0.4) is 0 Å². The predicted molar refractivity (Wildman–Crippen MR) is 95.9 cm³/mol. The average molecular weight is 326 g/mol. The molecule has 1 heterocycles. The van der Waals surface area contributed by atoms with E-state index in [0.717, 1.165) is 11.3 Å². The highest BCUT2D eigenvalue weighted by Crippen LogP contribution is 2.26. The predicted octanol–water partition coefficient (Wildman–Crippen LogP) is 3.81. The van der Waals surface area contributed by atoms with Crippen molar-refractivity contribution in [3.63, 3.8) is 0 Å². The number of rotatable bonds is 5. The number of pyridine rings is 1. The van der Waals surface area contributed by atoms with Gasteiger partial charge in [-0.05, 0) is 41.7 Å². The molecule has 1 aromatic heterocycles. The van der Waals surface area contributed by atoms with E-state index in [1.54, 1.807) is 31.3 Å². The first-order valence-corrected chi connectivity index (χ1v) is 8.18. The van der Waals surface area contributed by atoms with Crippen molar-refractivity contribution in [3.8, 4) is 5.75 Å². The van der Waals surface area contributed by atoms with E-state index in [2.05, 4.69) is 31.8 Å². The second-order valence-electron chi connectivity index (χ2n) is 7.09. The van der Waals surface area contributed by atoms with Crippen molar-refractivity contribution < 1.29 is 9.53 Å². The van der Waals surface area contributed by atoms with Crippen LogP contribution in [0, 0.1) is 0 Å². The number of ether oxygens (including phenoxy) is 1. The van der Waals surface area contributed by atoms with Crippen LogP contribution in [-0.4, -0.2) is 28.9 Å². The fraction of sp³-hybridized carbons (Fsp3) is 0.400. The standard InChI is InChI=1S/C20H26N2O2/c1-15(19(23)22(5)14-16-8-7-11-21-13-16)24-18-10-6-9-17(12-18)20(2,3)4/h6-13,15H,14H2,1-5H3. The number of likely N-dealkylation sites (N-methyl/N-ethyl adjacent to an activating group) is 1. The molecule has 2 aromatic rings. The van der Waals surface area contributed by atoms with Gasteiger partial charge in [-0.3, -0.25) is 9.78 Å². The van der Waals surface area contributed by atoms with Crippen LogP contribution in [0.4, 0.5) is 0 Å². The molecule has 0 bridgehead atoms. The van der Waals surface area contributed by atoms with Gasteiger partial charge in [0.25, 0.3) is 5.91 Å². The summed E-state index contributed by atoms with van der Waals surface area (Å²) in [6.45, 7) is 8.77. The van der Waals surface area contributed by atoms with E-state index in [9.17, 15) is 4.79 Å². The van der Waals surface area contributed by atoms with Gasteiger partial charge in [-0.25, -0.2) is 0 Å². The molecule has 0 saturated heterocycles. The first kappa shape index (κ1) is 18.0. The highest BCUT2D eigenvalue weighted by molar-refractivity contribution is 5.80. The SMILES string of the molecule is CC(Oc1cccc(C(C)(C)C)c1)C(=O)N(C)Cc1cccnc1. The van der Waals surface area contributed by atoms with E-state index >= 15 is 0 Å². The molecule has 4 heteroatoms. The number of benzene rings is 1. The van der Waals surface area contributed by atoms with Crippen molar-refractivity contribution in [2.75, 3.05) is 7.05 Å². The van der Waals surface area contributed by atoms with Crippen LogP contribution in [0.1, 0.15) is 38.8 Å². The van der Waals surface area contributed by atoms with Gasteiger partial charge in [0.15, 0.2) is 6.10 Å². The molecule has 0 aliphatic heterocycles. The van der Waals surface area contributed by atoms with E-state index in [4.69, 9.17) is 4.74 Å². The molecule has 1 unspecified atom stereocenters. The third-order valence-corrected chi connectivity index (χ3v) is 3.88. The van der Waals surface area contributed by atoms with Crippen molar-refractivity contribution in [2.45, 2.75) is 45.8 Å². The molecule has 1 aromatic carbocycles. The lowest BCUT2D eigenvalue weighted by Crippen LogP contribution is -2.37. The van der Waals surface area contributed by atoms with E-state index in [1.165, 1.54) is 5.56 Å². The molecule has 128 valence electrons. The Morgan fingerprint density at radius 3 is 2.62 bits per heavy atom. The molecule has 2 rings (SSSR count). The third kappa shape index (κ3) is 4.82. The Bertz CT molecular complexity index is 678. The minimum Gasteiger partial charge on any atom is -0.481 e. The van der Waals surface area contributed by atoms with Crippen LogP contribution in [0.2, 0.25) is 0 Å². The molecular formula is C20H26N2O2. The molecule has 4 nitrogen and oxygen atoms in total. The maximum atomic E-state index is 12.5. The highest BCUT2D eigenvalue weighted by atomic mass is 16.5. The second kappa shape index (κ2) is 7.47. The van der Waals surface area contributed by atoms with Crippen LogP contribution in [0.5, 0.6) is 5.75 Å². The summed E-state index contributed by atoms with van der Waals surface area (Å²) in [6, 6.07) is 11.8. The van der Waals surface area contributed by atoms with E-state index in [0.29, 0.717) is 6.54 Å². The third-order valence-electron chi connectivity index (χ3n) is 3.88. The second-order valence-corrected chi connectivity index (χ2v) is 7.09. The molecule has 0 saturated carbocycles. The van der Waals surface area contributed by atoms with Gasteiger partial charge < -0.3 is 9.64 Å². The van der Waals surface area contributed by atoms with Crippen molar-refractivity contribution in [1.29, 1.82) is 0 Å². The number of carbonyl (C=O) groups is 1. The lowest BCUT2D eigenvalue weighted by molar-refractivity contribution is -0.137. The molecule has 1 amide bonds. The smallest absolute Gasteiger partial charge is 0.263 e. The number of hydrogen-bond acceptors (Lipinski definition) is 3. The molecule has 0 radical (unpaired) electrons. The molecule has 0 N–H and O–H groups in total. The van der Waals surface area contributed by atoms with Crippen molar-refractivity contribution in [2.24, 2.45) is 0 Å². The van der Waals surface area contributed by atoms with Gasteiger partial charge in [0.1, 0.15) is 5.75 Å². The van der Waals surface area contributed by atoms with E-state index < -0.39 is 6.10 Å². The lowest BCUT2D eigenvalue weighted by Gasteiger charge is -2.23. The lowest BCUT2D eigenvalue weighted by atomic mass is 9.87. The van der Waals surface area contributed by atoms with Crippen LogP contribution in [0.25, 0.3) is 0 Å². The monoisotopic (exact) mass is 326 g/mol. The van der Waals surface area contributed by atoms with Gasteiger partial charge in [-0.2, -0.15) is 0 Å². The van der Waals surface area contributed by atoms with Gasteiger partial charge in [-0.1, -0.05) is 39.0 Å². The topological polar surface area (TPSA) is 42.4 Å². The quantitative estimate of drug-likeness (QED) is 0.839. The Labute approximate surface area is 144 Å². The summed E-state index contributed by atoms with van der Waals surface area (Å²) >= 11 is 0. The Balaban J connectivity index is 2.01. The summed E-state index contributed by atoms with van der Waals surface area (Å²) in [6.07, 6.45) is 2.95. The normalized spacial score (nSPS) is 12.5. The molecule has 0 fully saturated rings. The summed E-state index contributed by atoms with van der Waals surface area (Å²) in [5, 5.41) is 0. The largest absolute Gasteiger partial charge is 0.481 e. The Morgan fingerprint density at radius 1 is 1.25 bits per heavy atom. The number of carbonyl (C=O) groups excluding carboxylic acids is 1. The van der Waals surface area contributed by atoms with E-state index in [1.807, 2.05) is 30.3 Å². The maximum Gasteiger partial charge on any atom is 0.263 e. The minimum absolute atomic E-state index is 0.0454. The van der Waals surface area contributed by atoms with Crippen molar-refractivity contribution in [1.82, 2.24) is 9.88 Å². The molecule has 24 heavy (non-hydrogen) atoms. The number of hydrogen-bond donors (Lipinski definition) is 0. The van der Waals surface area contributed by atoms with Gasteiger partial charge in [0.05, 0.1) is 0 Å². The van der Waals surface area contributed by atoms with E-state index in [-0.39, 0.29) is 11.3 Å². The fourth-order valence-electron chi connectivity index (χ4n) is 2.44. The first-order valence-electron chi connectivity index (χ1n) is 8.18. The number of amides is 1. The van der Waals surface area contributed by atoms with Gasteiger partial charge in [0.2, 0.25) is 0 Å². The number of nitrogens with zero attached hydrogens (tertiary/aromatic N) is 2. The van der Waals surface area contributed by atoms with Gasteiger partial charge in [0, 0.05) is 26.0 Å². The summed E-state index contributed by atoms with van der Waals surface area (Å²) in [5.74, 6) is 0.665. The summed E-state index contributed by atoms with van der Waals surface area (Å²) in [4.78, 5) is 18.2. The maximum absolute atomic E-state index is 12.5. The highest BCUT2D eigenvalue weighted by Gasteiger charge is 2.20. The molecule has 0 spiro atoms. The van der Waals surface area contributed by atoms with Crippen LogP contribution in [-0.2, 0) is 16.8 Å². The number of aromatic nitrogens is 1. The fourth-order valence-corrected chi connectivity index (χ4v) is 2.44. The summed E-state index contributed by atoms with van der Waals surface area (Å²) in [5.41, 5.74) is 2.22. The summed E-state index contributed by atoms with van der Waals surface area (Å²) in [7, 11) is 1.78. The van der Waals surface area contributed by atoms with Crippen LogP contribution < -0.4 is 4.74 Å². The molecule has 0 aliphatic carbocycles. The van der Waals surface area contributed by atoms with Crippen LogP contribution >= 0.6 is 0 Å². The Kier molecular flexibility index (Phi) is 5.60. The zero-order valence-corrected chi connectivity index (χ0v) is 15.1.